The van der Waals surface area contributed by atoms with Crippen molar-refractivity contribution in [2.24, 2.45) is 0 Å². The highest BCUT2D eigenvalue weighted by atomic mass is 79.9. The summed E-state index contributed by atoms with van der Waals surface area (Å²) in [5.41, 5.74) is 2.64. The Balaban J connectivity index is 2.06. The van der Waals surface area contributed by atoms with Crippen LogP contribution in [0.2, 0.25) is 0 Å². The van der Waals surface area contributed by atoms with Gasteiger partial charge in [-0.15, -0.1) is 0 Å². The van der Waals surface area contributed by atoms with E-state index in [0.29, 0.717) is 6.54 Å². The summed E-state index contributed by atoms with van der Waals surface area (Å²) in [7, 11) is 0. The summed E-state index contributed by atoms with van der Waals surface area (Å²) in [6.45, 7) is 1.28. The topological polar surface area (TPSA) is 32.3 Å². The number of nitrogens with one attached hydrogen (secondary N) is 1. The standard InChI is InChI=1S/C12H13BrN2O/c13-12-11-9-4-2-1-3-8(9)5-6-15(11)10(16)7-14-12/h1-4,11-12,14H,5-7H2. The Hall–Kier alpha value is -0.870. The Bertz CT molecular complexity index is 435. The first kappa shape index (κ1) is 10.3. The maximum absolute atomic E-state index is 11.8. The third-order valence-electron chi connectivity index (χ3n) is 3.38. The number of nitrogens with zero attached hydrogens (tertiary/aromatic N) is 1. The smallest absolute Gasteiger partial charge is 0.237 e. The molecular weight excluding hydrogens is 268 g/mol. The van der Waals surface area contributed by atoms with Crippen LogP contribution < -0.4 is 5.32 Å². The summed E-state index contributed by atoms with van der Waals surface area (Å²) >= 11 is 3.62. The number of carbonyl (C=O) groups is 1. The molecule has 1 aromatic rings. The zero-order valence-corrected chi connectivity index (χ0v) is 10.4. The van der Waals surface area contributed by atoms with Gasteiger partial charge >= 0.3 is 0 Å². The first-order valence-corrected chi connectivity index (χ1v) is 6.43. The summed E-state index contributed by atoms with van der Waals surface area (Å²) in [5, 5.41) is 3.20. The highest BCUT2D eigenvalue weighted by Crippen LogP contribution is 2.35. The molecular formula is C12H13BrN2O. The summed E-state index contributed by atoms with van der Waals surface area (Å²) in [6.07, 6.45) is 0.970. The van der Waals surface area contributed by atoms with Crippen molar-refractivity contribution in [2.45, 2.75) is 17.4 Å². The van der Waals surface area contributed by atoms with E-state index in [2.05, 4.69) is 39.4 Å². The van der Waals surface area contributed by atoms with Gasteiger partial charge < -0.3 is 4.90 Å². The van der Waals surface area contributed by atoms with Crippen LogP contribution in [0.15, 0.2) is 24.3 Å². The van der Waals surface area contributed by atoms with Gasteiger partial charge in [0.05, 0.1) is 17.5 Å². The van der Waals surface area contributed by atoms with E-state index in [0.717, 1.165) is 13.0 Å². The molecule has 1 fully saturated rings. The van der Waals surface area contributed by atoms with E-state index in [4.69, 9.17) is 0 Å². The van der Waals surface area contributed by atoms with E-state index in [-0.39, 0.29) is 16.9 Å². The maximum atomic E-state index is 11.8. The molecule has 1 aromatic carbocycles. The van der Waals surface area contributed by atoms with Crippen molar-refractivity contribution >= 4 is 21.8 Å². The minimum Gasteiger partial charge on any atom is -0.332 e. The number of hydrogen-bond acceptors (Lipinski definition) is 2. The molecule has 0 radical (unpaired) electrons. The van der Waals surface area contributed by atoms with Gasteiger partial charge in [0.2, 0.25) is 5.91 Å². The second-order valence-corrected chi connectivity index (χ2v) is 5.25. The predicted molar refractivity (Wildman–Crippen MR) is 65.3 cm³/mol. The maximum Gasteiger partial charge on any atom is 0.237 e. The van der Waals surface area contributed by atoms with Gasteiger partial charge in [0, 0.05) is 6.54 Å². The normalized spacial score (nSPS) is 28.6. The number of amides is 1. The van der Waals surface area contributed by atoms with Gasteiger partial charge in [-0.2, -0.15) is 0 Å². The molecule has 2 aliphatic heterocycles. The zero-order chi connectivity index (χ0) is 11.1. The second kappa shape index (κ2) is 3.86. The lowest BCUT2D eigenvalue weighted by Gasteiger charge is -2.43. The Morgan fingerprint density at radius 3 is 3.06 bits per heavy atom. The van der Waals surface area contributed by atoms with Crippen molar-refractivity contribution in [1.82, 2.24) is 10.2 Å². The summed E-state index contributed by atoms with van der Waals surface area (Å²) in [6, 6.07) is 8.54. The van der Waals surface area contributed by atoms with Gasteiger partial charge in [-0.3, -0.25) is 10.1 Å². The third-order valence-corrected chi connectivity index (χ3v) is 4.20. The molecule has 4 heteroatoms. The molecule has 3 rings (SSSR count). The molecule has 84 valence electrons. The number of piperazine rings is 1. The molecule has 1 saturated heterocycles. The van der Waals surface area contributed by atoms with Crippen LogP contribution in [0.5, 0.6) is 0 Å². The lowest BCUT2D eigenvalue weighted by Crippen LogP contribution is -2.55. The predicted octanol–water partition coefficient (Wildman–Crippen LogP) is 1.44. The molecule has 0 aliphatic carbocycles. The summed E-state index contributed by atoms with van der Waals surface area (Å²) in [4.78, 5) is 14.0. The number of carbonyl (C=O) groups excluding carboxylic acids is 1. The summed E-state index contributed by atoms with van der Waals surface area (Å²) in [5.74, 6) is 0.204. The fraction of sp³-hybridized carbons (Fsp3) is 0.417. The van der Waals surface area contributed by atoms with Gasteiger partial charge in [-0.05, 0) is 17.5 Å². The fourth-order valence-electron chi connectivity index (χ4n) is 2.59. The molecule has 2 unspecified atom stereocenters. The number of rotatable bonds is 0. The number of alkyl halides is 1. The van der Waals surface area contributed by atoms with Crippen LogP contribution >= 0.6 is 15.9 Å². The Labute approximate surface area is 103 Å². The van der Waals surface area contributed by atoms with Crippen molar-refractivity contribution in [2.75, 3.05) is 13.1 Å². The van der Waals surface area contributed by atoms with Crippen molar-refractivity contribution < 1.29 is 4.79 Å². The molecule has 16 heavy (non-hydrogen) atoms. The molecule has 0 spiro atoms. The minimum absolute atomic E-state index is 0.145. The zero-order valence-electron chi connectivity index (χ0n) is 8.82. The lowest BCUT2D eigenvalue weighted by atomic mass is 9.91. The molecule has 2 heterocycles. The number of hydrogen-bond donors (Lipinski definition) is 1. The van der Waals surface area contributed by atoms with E-state index < -0.39 is 0 Å². The van der Waals surface area contributed by atoms with E-state index in [1.807, 2.05) is 11.0 Å². The third kappa shape index (κ3) is 1.48. The molecule has 0 aromatic heterocycles. The summed E-state index contributed by atoms with van der Waals surface area (Å²) < 4.78 is 0. The second-order valence-electron chi connectivity index (χ2n) is 4.26. The molecule has 3 nitrogen and oxygen atoms in total. The first-order valence-electron chi connectivity index (χ1n) is 5.52. The van der Waals surface area contributed by atoms with Crippen LogP contribution in [-0.4, -0.2) is 28.8 Å². The van der Waals surface area contributed by atoms with Crippen molar-refractivity contribution in [3.8, 4) is 0 Å². The number of benzene rings is 1. The van der Waals surface area contributed by atoms with Gasteiger partial charge in [0.25, 0.3) is 0 Å². The van der Waals surface area contributed by atoms with Gasteiger partial charge in [-0.1, -0.05) is 40.2 Å². The SMILES string of the molecule is O=C1CNC(Br)C2c3ccccc3CCN12. The van der Waals surface area contributed by atoms with E-state index in [1.54, 1.807) is 0 Å². The minimum atomic E-state index is 0.145. The van der Waals surface area contributed by atoms with Crippen LogP contribution in [0.4, 0.5) is 0 Å². The monoisotopic (exact) mass is 280 g/mol. The van der Waals surface area contributed by atoms with Crippen LogP contribution in [-0.2, 0) is 11.2 Å². The van der Waals surface area contributed by atoms with Crippen LogP contribution in [0, 0.1) is 0 Å². The Morgan fingerprint density at radius 1 is 1.38 bits per heavy atom. The van der Waals surface area contributed by atoms with Crippen molar-refractivity contribution in [3.05, 3.63) is 35.4 Å². The van der Waals surface area contributed by atoms with E-state index in [1.165, 1.54) is 11.1 Å². The number of fused-ring (bicyclic) bond motifs is 3. The van der Waals surface area contributed by atoms with Crippen LogP contribution in [0.25, 0.3) is 0 Å². The van der Waals surface area contributed by atoms with Gasteiger partial charge in [0.15, 0.2) is 0 Å². The molecule has 1 amide bonds. The average Bonchev–Trinajstić information content (AvgIpc) is 2.33. The fourth-order valence-corrected chi connectivity index (χ4v) is 3.32. The molecule has 0 bridgehead atoms. The van der Waals surface area contributed by atoms with Gasteiger partial charge in [-0.25, -0.2) is 0 Å². The molecule has 2 aliphatic rings. The van der Waals surface area contributed by atoms with Crippen LogP contribution in [0.3, 0.4) is 0 Å². The molecule has 1 N–H and O–H groups in total. The number of halogens is 1. The quantitative estimate of drug-likeness (QED) is 0.576. The Morgan fingerprint density at radius 2 is 2.19 bits per heavy atom. The highest BCUT2D eigenvalue weighted by molar-refractivity contribution is 9.09. The van der Waals surface area contributed by atoms with Crippen molar-refractivity contribution in [3.63, 3.8) is 0 Å². The largest absolute Gasteiger partial charge is 0.332 e. The molecule has 2 atom stereocenters. The first-order chi connectivity index (χ1) is 7.77. The average molecular weight is 281 g/mol. The van der Waals surface area contributed by atoms with E-state index >= 15 is 0 Å². The van der Waals surface area contributed by atoms with Gasteiger partial charge in [0.1, 0.15) is 0 Å². The van der Waals surface area contributed by atoms with Crippen LogP contribution in [0.1, 0.15) is 17.2 Å². The molecule has 0 saturated carbocycles. The lowest BCUT2D eigenvalue weighted by molar-refractivity contribution is -0.135. The van der Waals surface area contributed by atoms with E-state index in [9.17, 15) is 4.79 Å². The highest BCUT2D eigenvalue weighted by Gasteiger charge is 2.38. The Kier molecular flexibility index (Phi) is 2.48. The van der Waals surface area contributed by atoms with Crippen molar-refractivity contribution in [1.29, 1.82) is 0 Å².